The summed E-state index contributed by atoms with van der Waals surface area (Å²) in [5.41, 5.74) is 0.153. The van der Waals surface area contributed by atoms with Gasteiger partial charge in [-0.05, 0) is 16.0 Å². The number of fused-ring (bicyclic) bond motifs is 2. The highest BCUT2D eigenvalue weighted by molar-refractivity contribution is 7.85. The minimum absolute atomic E-state index is 0.125. The van der Waals surface area contributed by atoms with E-state index in [1.807, 2.05) is 0 Å². The molecule has 21 heavy (non-hydrogen) atoms. The lowest BCUT2D eigenvalue weighted by Gasteiger charge is -2.15. The molecular weight excluding hydrogens is 302 g/mol. The van der Waals surface area contributed by atoms with Crippen LogP contribution < -0.4 is 5.32 Å². The van der Waals surface area contributed by atoms with Gasteiger partial charge in [0.05, 0.1) is 15.5 Å². The molecule has 0 bridgehead atoms. The lowest BCUT2D eigenvalue weighted by atomic mass is 10.3. The summed E-state index contributed by atoms with van der Waals surface area (Å²) in [6, 6.07) is 3.80. The van der Waals surface area contributed by atoms with Crippen molar-refractivity contribution in [1.82, 2.24) is 9.97 Å². The Bertz CT molecular complexity index is 758. The summed E-state index contributed by atoms with van der Waals surface area (Å²) in [7, 11) is -1.89. The molecule has 2 aromatic rings. The first kappa shape index (κ1) is 13.1. The fraction of sp³-hybridized carbons (Fsp3) is 0. The number of hydrogen-bond acceptors (Lipinski definition) is 8. The number of nitro benzene ring substituents is 1. The van der Waals surface area contributed by atoms with E-state index < -0.39 is 26.5 Å². The molecule has 11 heteroatoms. The molecule has 10 nitrogen and oxygen atoms in total. The van der Waals surface area contributed by atoms with Gasteiger partial charge in [0, 0.05) is 12.1 Å². The van der Waals surface area contributed by atoms with Crippen molar-refractivity contribution in [3.05, 3.63) is 44.6 Å². The van der Waals surface area contributed by atoms with E-state index in [1.165, 1.54) is 12.1 Å². The van der Waals surface area contributed by atoms with E-state index in [2.05, 4.69) is 15.3 Å². The van der Waals surface area contributed by atoms with Gasteiger partial charge in [-0.3, -0.25) is 10.1 Å². The molecule has 0 aliphatic carbocycles. The first-order valence-corrected chi connectivity index (χ1v) is 6.61. The van der Waals surface area contributed by atoms with E-state index in [-0.39, 0.29) is 21.4 Å². The van der Waals surface area contributed by atoms with Crippen molar-refractivity contribution in [2.24, 2.45) is 0 Å². The van der Waals surface area contributed by atoms with Gasteiger partial charge < -0.3 is 15.4 Å². The highest BCUT2D eigenvalue weighted by Crippen LogP contribution is 2.36. The molecule has 1 atom stereocenters. The Morgan fingerprint density at radius 1 is 1.19 bits per heavy atom. The fourth-order valence-electron chi connectivity index (χ4n) is 1.78. The van der Waals surface area contributed by atoms with Crippen LogP contribution in [0, 0.1) is 20.2 Å². The number of nitro groups is 2. The van der Waals surface area contributed by atoms with Gasteiger partial charge in [0.1, 0.15) is 17.0 Å². The minimum atomic E-state index is -1.89. The van der Waals surface area contributed by atoms with E-state index >= 15 is 0 Å². The topological polar surface area (TPSA) is 141 Å². The third-order valence-corrected chi connectivity index (χ3v) is 4.09. The largest absolute Gasteiger partial charge is 0.383 e. The van der Waals surface area contributed by atoms with Gasteiger partial charge in [-0.25, -0.2) is 9.19 Å². The monoisotopic (exact) mass is 307 g/mol. The molecule has 1 N–H and O–H groups in total. The Morgan fingerprint density at radius 3 is 2.62 bits per heavy atom. The average Bonchev–Trinajstić information content (AvgIpc) is 2.46. The van der Waals surface area contributed by atoms with Crippen molar-refractivity contribution >= 4 is 33.8 Å². The summed E-state index contributed by atoms with van der Waals surface area (Å²) in [5.74, 6) is -0.418. The van der Waals surface area contributed by atoms with Gasteiger partial charge in [-0.2, -0.15) is 0 Å². The molecule has 2 heterocycles. The van der Waals surface area contributed by atoms with Crippen LogP contribution in [0.3, 0.4) is 0 Å². The van der Waals surface area contributed by atoms with E-state index in [0.29, 0.717) is 5.69 Å². The predicted molar refractivity (Wildman–Crippen MR) is 69.7 cm³/mol. The summed E-state index contributed by atoms with van der Waals surface area (Å²) in [4.78, 5) is 27.7. The number of benzene rings is 1. The standard InChI is InChI=1S/C10H5N5O5S/c16-14(17)5-1-2-6-7(3-5)21(20)10-9(12-6)11-4-8(13-10)15(18)19/h1-4H,(H,11,12)/t21-/m1/s1. The van der Waals surface area contributed by atoms with Crippen LogP contribution in [-0.4, -0.2) is 24.0 Å². The van der Waals surface area contributed by atoms with Crippen LogP contribution in [0.25, 0.3) is 0 Å². The van der Waals surface area contributed by atoms with Crippen LogP contribution in [0.2, 0.25) is 0 Å². The number of hydrogen-bond donors (Lipinski definition) is 1. The quantitative estimate of drug-likeness (QED) is 0.554. The summed E-state index contributed by atoms with van der Waals surface area (Å²) in [6.07, 6.45) is 0.944. The van der Waals surface area contributed by atoms with Crippen molar-refractivity contribution < 1.29 is 14.1 Å². The van der Waals surface area contributed by atoms with Crippen LogP contribution in [0.4, 0.5) is 23.0 Å². The minimum Gasteiger partial charge on any atom is -0.358 e. The molecule has 1 aliphatic heterocycles. The molecule has 0 unspecified atom stereocenters. The Kier molecular flexibility index (Phi) is 2.83. The molecule has 106 valence electrons. The fourth-order valence-corrected chi connectivity index (χ4v) is 2.99. The lowest BCUT2D eigenvalue weighted by molar-refractivity contribution is -0.390. The second-order valence-corrected chi connectivity index (χ2v) is 5.33. The van der Waals surface area contributed by atoms with Crippen LogP contribution in [-0.2, 0) is 10.8 Å². The lowest BCUT2D eigenvalue weighted by Crippen LogP contribution is -2.13. The number of anilines is 2. The molecule has 0 radical (unpaired) electrons. The van der Waals surface area contributed by atoms with Crippen molar-refractivity contribution in [2.45, 2.75) is 9.92 Å². The van der Waals surface area contributed by atoms with Gasteiger partial charge in [0.25, 0.3) is 10.7 Å². The van der Waals surface area contributed by atoms with Crippen LogP contribution in [0.1, 0.15) is 0 Å². The van der Waals surface area contributed by atoms with Gasteiger partial charge in [-0.15, -0.1) is 0 Å². The first-order chi connectivity index (χ1) is 9.97. The van der Waals surface area contributed by atoms with Crippen LogP contribution in [0.15, 0.2) is 34.3 Å². The molecule has 1 aliphatic rings. The number of aromatic nitrogens is 2. The zero-order valence-electron chi connectivity index (χ0n) is 10.0. The van der Waals surface area contributed by atoms with E-state index in [0.717, 1.165) is 12.3 Å². The molecular formula is C10H5N5O5S. The van der Waals surface area contributed by atoms with Gasteiger partial charge >= 0.3 is 5.82 Å². The number of nitrogens with zero attached hydrogens (tertiary/aromatic N) is 4. The van der Waals surface area contributed by atoms with Gasteiger partial charge in [-0.1, -0.05) is 0 Å². The van der Waals surface area contributed by atoms with Crippen molar-refractivity contribution in [2.75, 3.05) is 5.32 Å². The van der Waals surface area contributed by atoms with Crippen molar-refractivity contribution in [3.8, 4) is 0 Å². The Morgan fingerprint density at radius 2 is 1.95 bits per heavy atom. The number of nitrogens with one attached hydrogen (secondary N) is 1. The maximum absolute atomic E-state index is 12.4. The van der Waals surface area contributed by atoms with Gasteiger partial charge in [0.15, 0.2) is 5.82 Å². The molecule has 0 spiro atoms. The Labute approximate surface area is 118 Å². The second-order valence-electron chi connectivity index (χ2n) is 3.97. The SMILES string of the molecule is O=[N+]([O-])c1ccc2c(c1)[S@@](=O)c1nc([N+](=O)[O-])cnc1N2. The number of rotatable bonds is 2. The molecule has 1 aromatic carbocycles. The maximum atomic E-state index is 12.4. The summed E-state index contributed by atoms with van der Waals surface area (Å²) in [6.45, 7) is 0. The third-order valence-electron chi connectivity index (χ3n) is 2.72. The smallest absolute Gasteiger partial charge is 0.358 e. The Hall–Kier alpha value is -2.95. The van der Waals surface area contributed by atoms with E-state index in [9.17, 15) is 24.4 Å². The molecule has 0 amide bonds. The van der Waals surface area contributed by atoms with Gasteiger partial charge in [0.2, 0.25) is 0 Å². The maximum Gasteiger partial charge on any atom is 0.383 e. The zero-order valence-corrected chi connectivity index (χ0v) is 10.9. The van der Waals surface area contributed by atoms with Crippen molar-refractivity contribution in [1.29, 1.82) is 0 Å². The van der Waals surface area contributed by atoms with E-state index in [1.54, 1.807) is 0 Å². The van der Waals surface area contributed by atoms with Crippen LogP contribution in [0.5, 0.6) is 0 Å². The molecule has 0 saturated carbocycles. The Balaban J connectivity index is 2.14. The molecule has 0 saturated heterocycles. The summed E-state index contributed by atoms with van der Waals surface area (Å²) in [5, 5.41) is 24.1. The molecule has 0 fully saturated rings. The predicted octanol–water partition coefficient (Wildman–Crippen LogP) is 1.52. The summed E-state index contributed by atoms with van der Waals surface area (Å²) >= 11 is 0. The van der Waals surface area contributed by atoms with E-state index in [4.69, 9.17) is 0 Å². The van der Waals surface area contributed by atoms with Crippen LogP contribution >= 0.6 is 0 Å². The second kappa shape index (κ2) is 4.56. The zero-order chi connectivity index (χ0) is 15.1. The highest BCUT2D eigenvalue weighted by Gasteiger charge is 2.31. The third kappa shape index (κ3) is 2.08. The number of non-ortho nitro benzene ring substituents is 1. The highest BCUT2D eigenvalue weighted by atomic mass is 32.2. The van der Waals surface area contributed by atoms with Crippen molar-refractivity contribution in [3.63, 3.8) is 0 Å². The molecule has 1 aromatic heterocycles. The first-order valence-electron chi connectivity index (χ1n) is 5.46. The average molecular weight is 307 g/mol. The summed E-state index contributed by atoms with van der Waals surface area (Å²) < 4.78 is 12.4. The molecule has 3 rings (SSSR count). The normalized spacial score (nSPS) is 15.5.